The number of allylic oxidation sites excluding steroid dienone is 3. The molecular weight excluding hydrogens is 556 g/mol. The Hall–Kier alpha value is -4.43. The highest BCUT2D eigenvalue weighted by Gasteiger charge is 2.41. The minimum absolute atomic E-state index is 0.0624. The maximum atomic E-state index is 14.0. The molecule has 2 atom stereocenters. The van der Waals surface area contributed by atoms with Crippen LogP contribution in [0, 0.1) is 6.92 Å². The van der Waals surface area contributed by atoms with Gasteiger partial charge in [-0.3, -0.25) is 9.59 Å². The number of carbonyl (C=O) groups is 2. The number of carbonyl (C=O) groups excluding carboxylic acids is 2. The minimum atomic E-state index is -0.738. The Labute approximate surface area is 249 Å². The number of nitrogens with one attached hydrogen (secondary N) is 2. The fourth-order valence-corrected chi connectivity index (χ4v) is 5.99. The van der Waals surface area contributed by atoms with Crippen molar-refractivity contribution in [3.05, 3.63) is 98.9 Å². The zero-order chi connectivity index (χ0) is 30.1. The number of Topliss-reactive ketones (excluding diaryl/α,β-unsaturated/α-hetero) is 1. The van der Waals surface area contributed by atoms with Gasteiger partial charge < -0.3 is 30.0 Å². The Morgan fingerprint density at radius 3 is 2.24 bits per heavy atom. The van der Waals surface area contributed by atoms with Crippen molar-refractivity contribution < 1.29 is 28.9 Å². The monoisotopic (exact) mass is 588 g/mol. The first-order valence-electron chi connectivity index (χ1n) is 13.6. The SMILES string of the molecule is COc1ccc(C2CC(=O)C3=C(C2)NC(C)=C(C(=O)Nc2ccc(C)cc2)C3c2cc(Cl)c(O)c(OC)c2)cc1OC. The summed E-state index contributed by atoms with van der Waals surface area (Å²) in [5, 5.41) is 16.9. The van der Waals surface area contributed by atoms with Crippen LogP contribution in [0.5, 0.6) is 23.0 Å². The summed E-state index contributed by atoms with van der Waals surface area (Å²) in [6.07, 6.45) is 0.779. The topological polar surface area (TPSA) is 106 Å². The summed E-state index contributed by atoms with van der Waals surface area (Å²) in [6, 6.07) is 16.4. The van der Waals surface area contributed by atoms with Crippen molar-refractivity contribution in [1.29, 1.82) is 0 Å². The molecule has 1 heterocycles. The maximum absolute atomic E-state index is 14.0. The molecule has 2 aliphatic rings. The van der Waals surface area contributed by atoms with E-state index in [1.807, 2.05) is 56.3 Å². The van der Waals surface area contributed by atoms with E-state index in [9.17, 15) is 14.7 Å². The number of amides is 1. The second kappa shape index (κ2) is 11.8. The van der Waals surface area contributed by atoms with Crippen LogP contribution in [-0.2, 0) is 9.59 Å². The Morgan fingerprint density at radius 1 is 0.905 bits per heavy atom. The van der Waals surface area contributed by atoms with Gasteiger partial charge in [-0.15, -0.1) is 0 Å². The third-order valence-electron chi connectivity index (χ3n) is 7.86. The number of aromatic hydroxyl groups is 1. The molecule has 0 saturated heterocycles. The van der Waals surface area contributed by atoms with E-state index in [1.54, 1.807) is 26.4 Å². The van der Waals surface area contributed by atoms with Crippen LogP contribution in [0.4, 0.5) is 5.69 Å². The molecule has 0 radical (unpaired) electrons. The van der Waals surface area contributed by atoms with Gasteiger partial charge in [0.15, 0.2) is 28.8 Å². The van der Waals surface area contributed by atoms with Crippen molar-refractivity contribution in [3.63, 3.8) is 0 Å². The van der Waals surface area contributed by atoms with Crippen molar-refractivity contribution in [1.82, 2.24) is 5.32 Å². The molecule has 3 aromatic carbocycles. The largest absolute Gasteiger partial charge is 0.503 e. The number of methoxy groups -OCH3 is 3. The number of dihydropyridines is 1. The van der Waals surface area contributed by atoms with E-state index in [0.717, 1.165) is 16.8 Å². The van der Waals surface area contributed by atoms with Crippen LogP contribution in [0.2, 0.25) is 5.02 Å². The third kappa shape index (κ3) is 5.42. The number of anilines is 1. The van der Waals surface area contributed by atoms with E-state index in [2.05, 4.69) is 10.6 Å². The molecule has 218 valence electrons. The second-order valence-electron chi connectivity index (χ2n) is 10.5. The number of benzene rings is 3. The van der Waals surface area contributed by atoms with Gasteiger partial charge >= 0.3 is 0 Å². The molecule has 1 amide bonds. The molecule has 0 fully saturated rings. The molecule has 42 heavy (non-hydrogen) atoms. The van der Waals surface area contributed by atoms with E-state index in [-0.39, 0.29) is 40.6 Å². The lowest BCUT2D eigenvalue weighted by Crippen LogP contribution is -2.37. The van der Waals surface area contributed by atoms with Crippen molar-refractivity contribution >= 4 is 29.0 Å². The first-order chi connectivity index (χ1) is 20.1. The molecule has 0 bridgehead atoms. The van der Waals surface area contributed by atoms with E-state index in [4.69, 9.17) is 25.8 Å². The van der Waals surface area contributed by atoms with Gasteiger partial charge in [-0.1, -0.05) is 35.4 Å². The van der Waals surface area contributed by atoms with Crippen molar-refractivity contribution in [2.45, 2.75) is 38.5 Å². The number of rotatable bonds is 7. The number of phenols is 1. The summed E-state index contributed by atoms with van der Waals surface area (Å²) >= 11 is 6.41. The molecule has 3 aromatic rings. The Kier molecular flexibility index (Phi) is 8.18. The summed E-state index contributed by atoms with van der Waals surface area (Å²) in [5.74, 6) is -0.144. The molecule has 1 aliphatic carbocycles. The lowest BCUT2D eigenvalue weighted by atomic mass is 9.71. The molecule has 1 aliphatic heterocycles. The van der Waals surface area contributed by atoms with Crippen molar-refractivity contribution in [2.75, 3.05) is 26.6 Å². The number of hydrogen-bond donors (Lipinski definition) is 3. The van der Waals surface area contributed by atoms with Gasteiger partial charge in [0.05, 0.1) is 26.4 Å². The standard InChI is InChI=1S/C33H33ClN2O6/c1-17-6-9-22(10-7-17)36-33(39)29-18(2)35-24-13-20(19-8-11-26(40-3)27(15-19)41-4)14-25(37)31(24)30(29)21-12-23(34)32(38)28(16-21)42-5/h6-12,15-16,20,30,35,38H,13-14H2,1-5H3,(H,36,39). The van der Waals surface area contributed by atoms with Crippen molar-refractivity contribution in [3.8, 4) is 23.0 Å². The summed E-state index contributed by atoms with van der Waals surface area (Å²) in [5.41, 5.74) is 5.45. The second-order valence-corrected chi connectivity index (χ2v) is 10.9. The van der Waals surface area contributed by atoms with Gasteiger partial charge in [-0.25, -0.2) is 0 Å². The predicted molar refractivity (Wildman–Crippen MR) is 162 cm³/mol. The number of ketones is 1. The normalized spacial score (nSPS) is 18.3. The smallest absolute Gasteiger partial charge is 0.254 e. The lowest BCUT2D eigenvalue weighted by Gasteiger charge is -2.37. The molecule has 8 nitrogen and oxygen atoms in total. The average molecular weight is 589 g/mol. The van der Waals surface area contributed by atoms with Gasteiger partial charge in [0.25, 0.3) is 5.91 Å². The molecule has 0 aromatic heterocycles. The lowest BCUT2D eigenvalue weighted by molar-refractivity contribution is -0.116. The van der Waals surface area contributed by atoms with E-state index in [0.29, 0.717) is 46.0 Å². The average Bonchev–Trinajstić information content (AvgIpc) is 2.98. The zero-order valence-electron chi connectivity index (χ0n) is 24.1. The fraction of sp³-hybridized carbons (Fsp3) is 0.273. The van der Waals surface area contributed by atoms with Gasteiger partial charge in [0, 0.05) is 40.6 Å². The van der Waals surface area contributed by atoms with E-state index < -0.39 is 5.92 Å². The summed E-state index contributed by atoms with van der Waals surface area (Å²) in [6.45, 7) is 3.80. The molecular formula is C33H33ClN2O6. The maximum Gasteiger partial charge on any atom is 0.254 e. The van der Waals surface area contributed by atoms with Gasteiger partial charge in [-0.2, -0.15) is 0 Å². The van der Waals surface area contributed by atoms with Crippen LogP contribution >= 0.6 is 11.6 Å². The zero-order valence-corrected chi connectivity index (χ0v) is 24.9. The quantitative estimate of drug-likeness (QED) is 0.294. The highest BCUT2D eigenvalue weighted by atomic mass is 35.5. The predicted octanol–water partition coefficient (Wildman–Crippen LogP) is 6.38. The van der Waals surface area contributed by atoms with Crippen LogP contribution in [0.3, 0.4) is 0 Å². The van der Waals surface area contributed by atoms with Crippen LogP contribution in [-0.4, -0.2) is 38.1 Å². The van der Waals surface area contributed by atoms with Crippen LogP contribution < -0.4 is 24.8 Å². The molecule has 9 heteroatoms. The summed E-state index contributed by atoms with van der Waals surface area (Å²) in [4.78, 5) is 27.9. The molecule has 5 rings (SSSR count). The summed E-state index contributed by atoms with van der Waals surface area (Å²) < 4.78 is 16.3. The number of halogens is 1. The Bertz CT molecular complexity index is 1630. The molecule has 0 saturated carbocycles. The van der Waals surface area contributed by atoms with E-state index in [1.165, 1.54) is 7.11 Å². The Morgan fingerprint density at radius 2 is 1.57 bits per heavy atom. The number of ether oxygens (including phenoxy) is 3. The highest BCUT2D eigenvalue weighted by molar-refractivity contribution is 6.32. The van der Waals surface area contributed by atoms with Gasteiger partial charge in [-0.05, 0) is 73.7 Å². The molecule has 3 N–H and O–H groups in total. The fourth-order valence-electron chi connectivity index (χ4n) is 5.77. The first-order valence-corrected chi connectivity index (χ1v) is 13.9. The number of phenolic OH excluding ortho intramolecular Hbond substituents is 1. The molecule has 2 unspecified atom stereocenters. The number of aryl methyl sites for hydroxylation is 1. The Balaban J connectivity index is 1.59. The summed E-state index contributed by atoms with van der Waals surface area (Å²) in [7, 11) is 4.58. The van der Waals surface area contributed by atoms with Crippen LogP contribution in [0.25, 0.3) is 0 Å². The first kappa shape index (κ1) is 29.1. The van der Waals surface area contributed by atoms with Crippen LogP contribution in [0.1, 0.15) is 48.3 Å². The van der Waals surface area contributed by atoms with E-state index >= 15 is 0 Å². The minimum Gasteiger partial charge on any atom is -0.503 e. The molecule has 0 spiro atoms. The highest BCUT2D eigenvalue weighted by Crippen LogP contribution is 2.48. The van der Waals surface area contributed by atoms with Gasteiger partial charge in [0.1, 0.15) is 0 Å². The van der Waals surface area contributed by atoms with Crippen LogP contribution in [0.15, 0.2) is 77.1 Å². The van der Waals surface area contributed by atoms with Gasteiger partial charge in [0.2, 0.25) is 0 Å². The third-order valence-corrected chi connectivity index (χ3v) is 8.15. The number of hydrogen-bond acceptors (Lipinski definition) is 7. The van der Waals surface area contributed by atoms with Crippen molar-refractivity contribution in [2.24, 2.45) is 0 Å².